The van der Waals surface area contributed by atoms with E-state index in [9.17, 15) is 0 Å². The Morgan fingerprint density at radius 1 is 1.27 bits per heavy atom. The van der Waals surface area contributed by atoms with Gasteiger partial charge in [0.05, 0.1) is 0 Å². The first-order valence-electron chi connectivity index (χ1n) is 5.20. The normalized spacial score (nSPS) is 10.7. The first-order valence-corrected chi connectivity index (χ1v) is 5.58. The zero-order valence-electron chi connectivity index (χ0n) is 9.20. The fraction of sp³-hybridized carbons (Fsp3) is 0.600. The third kappa shape index (κ3) is 4.01. The molecular weight excluding hydrogens is 212 g/mol. The van der Waals surface area contributed by atoms with Gasteiger partial charge in [0, 0.05) is 25.5 Å². The van der Waals surface area contributed by atoms with Crippen molar-refractivity contribution in [2.24, 2.45) is 0 Å². The molecule has 0 aliphatic carbocycles. The zero-order chi connectivity index (χ0) is 11.1. The molecule has 0 saturated heterocycles. The standard InChI is InChI=1S/C10H17ClN4/c1-3-15(4-2)8-7-14-10-9(11)12-5-6-13-10/h5-6H,3-4,7-8H2,1-2H3,(H,13,14). The van der Waals surface area contributed by atoms with Gasteiger partial charge >= 0.3 is 0 Å². The van der Waals surface area contributed by atoms with Gasteiger partial charge in [-0.3, -0.25) is 0 Å². The Kier molecular flexibility index (Phi) is 5.36. The van der Waals surface area contributed by atoms with Crippen LogP contribution in [0.2, 0.25) is 5.15 Å². The molecule has 1 heterocycles. The number of nitrogens with one attached hydrogen (secondary N) is 1. The molecule has 0 amide bonds. The Morgan fingerprint density at radius 2 is 1.93 bits per heavy atom. The van der Waals surface area contributed by atoms with E-state index in [0.717, 1.165) is 26.2 Å². The molecule has 0 atom stereocenters. The van der Waals surface area contributed by atoms with Crippen LogP contribution in [0.25, 0.3) is 0 Å². The molecule has 15 heavy (non-hydrogen) atoms. The summed E-state index contributed by atoms with van der Waals surface area (Å²) in [6.45, 7) is 8.25. The average molecular weight is 229 g/mol. The van der Waals surface area contributed by atoms with Crippen LogP contribution in [0.3, 0.4) is 0 Å². The van der Waals surface area contributed by atoms with Crippen molar-refractivity contribution >= 4 is 17.4 Å². The Balaban J connectivity index is 2.34. The fourth-order valence-electron chi connectivity index (χ4n) is 1.31. The first-order chi connectivity index (χ1) is 7.27. The van der Waals surface area contributed by atoms with Crippen LogP contribution in [-0.2, 0) is 0 Å². The molecule has 0 spiro atoms. The smallest absolute Gasteiger partial charge is 0.171 e. The number of nitrogens with zero attached hydrogens (tertiary/aromatic N) is 3. The number of halogens is 1. The Labute approximate surface area is 95.7 Å². The lowest BCUT2D eigenvalue weighted by Gasteiger charge is -2.18. The maximum Gasteiger partial charge on any atom is 0.171 e. The summed E-state index contributed by atoms with van der Waals surface area (Å²) in [6, 6.07) is 0. The van der Waals surface area contributed by atoms with Gasteiger partial charge in [-0.15, -0.1) is 0 Å². The minimum Gasteiger partial charge on any atom is -0.366 e. The fourth-order valence-corrected chi connectivity index (χ4v) is 1.48. The highest BCUT2D eigenvalue weighted by Crippen LogP contribution is 2.13. The van der Waals surface area contributed by atoms with Crippen LogP contribution in [-0.4, -0.2) is 41.0 Å². The lowest BCUT2D eigenvalue weighted by molar-refractivity contribution is 0.316. The lowest BCUT2D eigenvalue weighted by atomic mass is 10.4. The highest BCUT2D eigenvalue weighted by molar-refractivity contribution is 6.31. The number of hydrogen-bond acceptors (Lipinski definition) is 4. The van der Waals surface area contributed by atoms with Crippen LogP contribution in [0.15, 0.2) is 12.4 Å². The third-order valence-electron chi connectivity index (χ3n) is 2.27. The quantitative estimate of drug-likeness (QED) is 0.808. The Bertz CT molecular complexity index is 289. The molecule has 0 fully saturated rings. The topological polar surface area (TPSA) is 41.0 Å². The molecule has 4 nitrogen and oxygen atoms in total. The molecule has 1 aromatic heterocycles. The van der Waals surface area contributed by atoms with Crippen molar-refractivity contribution in [3.63, 3.8) is 0 Å². The van der Waals surface area contributed by atoms with Gasteiger partial charge in [0.2, 0.25) is 0 Å². The van der Waals surface area contributed by atoms with Crippen molar-refractivity contribution in [3.05, 3.63) is 17.5 Å². The van der Waals surface area contributed by atoms with Gasteiger partial charge < -0.3 is 10.2 Å². The molecule has 84 valence electrons. The summed E-state index contributed by atoms with van der Waals surface area (Å²) in [4.78, 5) is 10.4. The molecule has 0 radical (unpaired) electrons. The first kappa shape index (κ1) is 12.2. The van der Waals surface area contributed by atoms with Crippen LogP contribution >= 0.6 is 11.6 Å². The van der Waals surface area contributed by atoms with E-state index in [1.54, 1.807) is 12.4 Å². The van der Waals surface area contributed by atoms with Crippen molar-refractivity contribution in [2.45, 2.75) is 13.8 Å². The van der Waals surface area contributed by atoms with Crippen LogP contribution in [0, 0.1) is 0 Å². The molecule has 0 saturated carbocycles. The van der Waals surface area contributed by atoms with E-state index in [2.05, 4.69) is 34.0 Å². The summed E-state index contributed by atoms with van der Waals surface area (Å²) in [7, 11) is 0. The molecule has 0 aliphatic rings. The summed E-state index contributed by atoms with van der Waals surface area (Å²) in [5, 5.41) is 3.59. The van der Waals surface area contributed by atoms with E-state index in [1.807, 2.05) is 0 Å². The molecule has 0 bridgehead atoms. The molecule has 5 heteroatoms. The second kappa shape index (κ2) is 6.58. The van der Waals surface area contributed by atoms with Crippen molar-refractivity contribution in [1.82, 2.24) is 14.9 Å². The van der Waals surface area contributed by atoms with E-state index < -0.39 is 0 Å². The predicted molar refractivity (Wildman–Crippen MR) is 63.3 cm³/mol. The Hall–Kier alpha value is -0.870. The van der Waals surface area contributed by atoms with Crippen molar-refractivity contribution in [3.8, 4) is 0 Å². The van der Waals surface area contributed by atoms with E-state index in [-0.39, 0.29) is 0 Å². The SMILES string of the molecule is CCN(CC)CCNc1nccnc1Cl. The van der Waals surface area contributed by atoms with E-state index in [1.165, 1.54) is 0 Å². The minimum atomic E-state index is 0.428. The predicted octanol–water partition coefficient (Wildman–Crippen LogP) is 1.88. The van der Waals surface area contributed by atoms with Gasteiger partial charge in [0.25, 0.3) is 0 Å². The molecular formula is C10H17ClN4. The Morgan fingerprint density at radius 3 is 2.53 bits per heavy atom. The van der Waals surface area contributed by atoms with Crippen molar-refractivity contribution in [2.75, 3.05) is 31.5 Å². The van der Waals surface area contributed by atoms with E-state index in [0.29, 0.717) is 11.0 Å². The third-order valence-corrected chi connectivity index (χ3v) is 2.55. The maximum absolute atomic E-state index is 5.86. The van der Waals surface area contributed by atoms with Gasteiger partial charge in [0.1, 0.15) is 0 Å². The summed E-state index contributed by atoms with van der Waals surface area (Å²) in [6.07, 6.45) is 3.21. The second-order valence-electron chi connectivity index (χ2n) is 3.15. The zero-order valence-corrected chi connectivity index (χ0v) is 9.96. The highest BCUT2D eigenvalue weighted by Gasteiger charge is 2.02. The summed E-state index contributed by atoms with van der Waals surface area (Å²) >= 11 is 5.86. The summed E-state index contributed by atoms with van der Waals surface area (Å²) in [5.41, 5.74) is 0. The maximum atomic E-state index is 5.86. The van der Waals surface area contributed by atoms with Gasteiger partial charge in [-0.1, -0.05) is 25.4 Å². The van der Waals surface area contributed by atoms with E-state index in [4.69, 9.17) is 11.6 Å². The van der Waals surface area contributed by atoms with E-state index >= 15 is 0 Å². The molecule has 1 aromatic rings. The van der Waals surface area contributed by atoms with Crippen molar-refractivity contribution < 1.29 is 0 Å². The summed E-state index contributed by atoms with van der Waals surface area (Å²) in [5.74, 6) is 0.659. The van der Waals surface area contributed by atoms with Crippen molar-refractivity contribution in [1.29, 1.82) is 0 Å². The number of rotatable bonds is 6. The lowest BCUT2D eigenvalue weighted by Crippen LogP contribution is -2.28. The molecule has 1 rings (SSSR count). The molecule has 1 N–H and O–H groups in total. The number of anilines is 1. The van der Waals surface area contributed by atoms with Gasteiger partial charge in [-0.2, -0.15) is 0 Å². The average Bonchev–Trinajstić information content (AvgIpc) is 2.27. The summed E-state index contributed by atoms with van der Waals surface area (Å²) < 4.78 is 0. The highest BCUT2D eigenvalue weighted by atomic mass is 35.5. The minimum absolute atomic E-state index is 0.428. The van der Waals surface area contributed by atoms with Gasteiger partial charge in [0.15, 0.2) is 11.0 Å². The largest absolute Gasteiger partial charge is 0.366 e. The molecule has 0 aliphatic heterocycles. The number of aromatic nitrogens is 2. The monoisotopic (exact) mass is 228 g/mol. The number of hydrogen-bond donors (Lipinski definition) is 1. The van der Waals surface area contributed by atoms with Gasteiger partial charge in [-0.05, 0) is 13.1 Å². The van der Waals surface area contributed by atoms with Gasteiger partial charge in [-0.25, -0.2) is 9.97 Å². The van der Waals surface area contributed by atoms with Crippen LogP contribution in [0.4, 0.5) is 5.82 Å². The molecule has 0 unspecified atom stereocenters. The van der Waals surface area contributed by atoms with Crippen LogP contribution in [0.5, 0.6) is 0 Å². The number of likely N-dealkylation sites (N-methyl/N-ethyl adjacent to an activating group) is 1. The second-order valence-corrected chi connectivity index (χ2v) is 3.51. The van der Waals surface area contributed by atoms with Crippen LogP contribution in [0.1, 0.15) is 13.8 Å². The molecule has 0 aromatic carbocycles. The van der Waals surface area contributed by atoms with Crippen LogP contribution < -0.4 is 5.32 Å².